The first kappa shape index (κ1) is 15.9. The minimum Gasteiger partial charge on any atom is -0.370 e. The van der Waals surface area contributed by atoms with Crippen molar-refractivity contribution in [3.63, 3.8) is 0 Å². The van der Waals surface area contributed by atoms with Gasteiger partial charge >= 0.3 is 0 Å². The summed E-state index contributed by atoms with van der Waals surface area (Å²) in [5.74, 6) is 1.46. The highest BCUT2D eigenvalue weighted by atomic mass is 127. The van der Waals surface area contributed by atoms with Crippen LogP contribution >= 0.6 is 35.3 Å². The van der Waals surface area contributed by atoms with Gasteiger partial charge in [0.05, 0.1) is 0 Å². The Morgan fingerprint density at radius 3 is 3.05 bits per heavy atom. The van der Waals surface area contributed by atoms with Gasteiger partial charge < -0.3 is 15.6 Å². The normalized spacial score (nSPS) is 11.1. The number of nitrogens with two attached hydrogens (primary N) is 1. The molecule has 0 fully saturated rings. The van der Waals surface area contributed by atoms with Crippen LogP contribution in [0.2, 0.25) is 0 Å². The van der Waals surface area contributed by atoms with E-state index in [1.165, 1.54) is 4.88 Å². The molecule has 0 amide bonds. The quantitative estimate of drug-likeness (QED) is 0.459. The lowest BCUT2D eigenvalue weighted by Crippen LogP contribution is -2.33. The number of aryl methyl sites for hydroxylation is 1. The Hall–Kier alpha value is -1.16. The largest absolute Gasteiger partial charge is 0.370 e. The van der Waals surface area contributed by atoms with E-state index in [1.54, 1.807) is 18.3 Å². The van der Waals surface area contributed by atoms with Crippen molar-refractivity contribution in [1.82, 2.24) is 15.5 Å². The first-order valence-electron chi connectivity index (χ1n) is 5.59. The molecule has 2 aromatic heterocycles. The molecule has 104 valence electrons. The molecule has 0 atom stereocenters. The summed E-state index contributed by atoms with van der Waals surface area (Å²) in [6.07, 6.45) is 0.938. The molecule has 0 aliphatic heterocycles. The summed E-state index contributed by atoms with van der Waals surface area (Å²) in [5.41, 5.74) is 5.72. The molecule has 2 rings (SSSR count). The van der Waals surface area contributed by atoms with E-state index in [1.807, 2.05) is 6.07 Å². The molecule has 0 spiro atoms. The van der Waals surface area contributed by atoms with E-state index in [-0.39, 0.29) is 24.0 Å². The highest BCUT2D eigenvalue weighted by molar-refractivity contribution is 14.0. The van der Waals surface area contributed by atoms with Crippen LogP contribution in [0.4, 0.5) is 0 Å². The van der Waals surface area contributed by atoms with Crippen molar-refractivity contribution in [2.24, 2.45) is 10.7 Å². The fourth-order valence-electron chi connectivity index (χ4n) is 1.38. The smallest absolute Gasteiger partial charge is 0.248 e. The summed E-state index contributed by atoms with van der Waals surface area (Å²) in [5, 5.41) is 8.78. The Labute approximate surface area is 132 Å². The van der Waals surface area contributed by atoms with Crippen LogP contribution in [0.25, 0.3) is 0 Å². The van der Waals surface area contributed by atoms with Crippen molar-refractivity contribution in [3.05, 3.63) is 34.1 Å². The lowest BCUT2D eigenvalue weighted by atomic mass is 10.3. The number of hydrogen-bond acceptors (Lipinski definition) is 5. The molecule has 0 saturated heterocycles. The monoisotopic (exact) mass is 393 g/mol. The zero-order valence-corrected chi connectivity index (χ0v) is 13.6. The van der Waals surface area contributed by atoms with Crippen LogP contribution in [0.1, 0.15) is 16.6 Å². The van der Waals surface area contributed by atoms with Gasteiger partial charge in [-0.25, -0.2) is 4.99 Å². The summed E-state index contributed by atoms with van der Waals surface area (Å²) in [7, 11) is 0. The lowest BCUT2D eigenvalue weighted by Gasteiger charge is -2.03. The number of nitrogens with zero attached hydrogens (tertiary/aromatic N) is 3. The van der Waals surface area contributed by atoms with Gasteiger partial charge in [-0.05, 0) is 24.8 Å². The number of thiophene rings is 1. The molecule has 0 aliphatic carbocycles. The van der Waals surface area contributed by atoms with Crippen LogP contribution in [-0.4, -0.2) is 22.6 Å². The molecule has 6 nitrogen and oxygen atoms in total. The lowest BCUT2D eigenvalue weighted by molar-refractivity contribution is 0.376. The van der Waals surface area contributed by atoms with E-state index in [2.05, 4.69) is 31.9 Å². The third-order valence-corrected chi connectivity index (χ3v) is 3.15. The molecule has 8 heteroatoms. The fraction of sp³-hybridized carbons (Fsp3) is 0.364. The molecule has 2 aromatic rings. The van der Waals surface area contributed by atoms with Crippen molar-refractivity contribution in [2.45, 2.75) is 19.9 Å². The topological polar surface area (TPSA) is 89.3 Å². The molecule has 0 aromatic carbocycles. The maximum absolute atomic E-state index is 5.72. The van der Waals surface area contributed by atoms with Gasteiger partial charge in [0.15, 0.2) is 11.8 Å². The number of aromatic nitrogens is 2. The van der Waals surface area contributed by atoms with Crippen molar-refractivity contribution in [3.8, 4) is 0 Å². The summed E-state index contributed by atoms with van der Waals surface area (Å²) in [6.45, 7) is 2.83. The van der Waals surface area contributed by atoms with E-state index in [0.717, 1.165) is 13.0 Å². The van der Waals surface area contributed by atoms with Crippen molar-refractivity contribution < 1.29 is 4.52 Å². The second kappa shape index (κ2) is 8.10. The van der Waals surface area contributed by atoms with Crippen LogP contribution in [-0.2, 0) is 13.0 Å². The Balaban J connectivity index is 0.00000180. The Bertz CT molecular complexity index is 511. The average molecular weight is 393 g/mol. The summed E-state index contributed by atoms with van der Waals surface area (Å²) < 4.78 is 4.93. The molecule has 3 N–H and O–H groups in total. The molecule has 0 saturated carbocycles. The van der Waals surface area contributed by atoms with E-state index in [9.17, 15) is 0 Å². The van der Waals surface area contributed by atoms with E-state index in [0.29, 0.717) is 24.2 Å². The SMILES string of the molecule is Cc1noc(CN=C(N)NCCc2cccs2)n1.I. The van der Waals surface area contributed by atoms with Crippen molar-refractivity contribution >= 4 is 41.3 Å². The standard InChI is InChI=1S/C11H15N5OS.HI/c1-8-15-10(17-16-8)7-14-11(12)13-5-4-9-3-2-6-18-9;/h2-3,6H,4-5,7H2,1H3,(H3,12,13,14);1H. The Morgan fingerprint density at radius 1 is 1.58 bits per heavy atom. The zero-order chi connectivity index (χ0) is 12.8. The Kier molecular flexibility index (Phi) is 6.78. The summed E-state index contributed by atoms with van der Waals surface area (Å²) >= 11 is 1.73. The van der Waals surface area contributed by atoms with Gasteiger partial charge in [0, 0.05) is 11.4 Å². The van der Waals surface area contributed by atoms with Crippen LogP contribution in [0, 0.1) is 6.92 Å². The fourth-order valence-corrected chi connectivity index (χ4v) is 2.09. The predicted octanol–water partition coefficient (Wildman–Crippen LogP) is 1.70. The van der Waals surface area contributed by atoms with E-state index in [4.69, 9.17) is 10.3 Å². The van der Waals surface area contributed by atoms with E-state index < -0.39 is 0 Å². The molecule has 19 heavy (non-hydrogen) atoms. The van der Waals surface area contributed by atoms with Crippen LogP contribution in [0.5, 0.6) is 0 Å². The number of rotatable bonds is 5. The maximum Gasteiger partial charge on any atom is 0.248 e. The number of hydrogen-bond donors (Lipinski definition) is 2. The Morgan fingerprint density at radius 2 is 2.42 bits per heavy atom. The molecule has 0 unspecified atom stereocenters. The molecule has 0 bridgehead atoms. The second-order valence-electron chi connectivity index (χ2n) is 3.69. The minimum absolute atomic E-state index is 0. The van der Waals surface area contributed by atoms with E-state index >= 15 is 0 Å². The van der Waals surface area contributed by atoms with Crippen molar-refractivity contribution in [1.29, 1.82) is 0 Å². The summed E-state index contributed by atoms with van der Waals surface area (Å²) in [4.78, 5) is 9.48. The summed E-state index contributed by atoms with van der Waals surface area (Å²) in [6, 6.07) is 4.14. The van der Waals surface area contributed by atoms with Gasteiger partial charge in [0.2, 0.25) is 5.89 Å². The van der Waals surface area contributed by atoms with Gasteiger partial charge in [-0.1, -0.05) is 11.2 Å². The number of guanidine groups is 1. The van der Waals surface area contributed by atoms with Crippen LogP contribution < -0.4 is 11.1 Å². The van der Waals surface area contributed by atoms with Gasteiger partial charge in [-0.3, -0.25) is 0 Å². The van der Waals surface area contributed by atoms with Gasteiger partial charge in [0.25, 0.3) is 0 Å². The molecule has 2 heterocycles. The third-order valence-electron chi connectivity index (χ3n) is 2.21. The first-order chi connectivity index (χ1) is 8.74. The van der Waals surface area contributed by atoms with Gasteiger partial charge in [-0.15, -0.1) is 35.3 Å². The molecular formula is C11H16IN5OS. The van der Waals surface area contributed by atoms with Crippen LogP contribution in [0.3, 0.4) is 0 Å². The average Bonchev–Trinajstić information content (AvgIpc) is 2.98. The molecule has 0 radical (unpaired) electrons. The highest BCUT2D eigenvalue weighted by Gasteiger charge is 2.01. The minimum atomic E-state index is 0. The molecular weight excluding hydrogens is 377 g/mol. The predicted molar refractivity (Wildman–Crippen MR) is 85.8 cm³/mol. The zero-order valence-electron chi connectivity index (χ0n) is 10.5. The van der Waals surface area contributed by atoms with Gasteiger partial charge in [-0.2, -0.15) is 4.98 Å². The number of aliphatic imine (C=N–C) groups is 1. The first-order valence-corrected chi connectivity index (χ1v) is 6.47. The highest BCUT2D eigenvalue weighted by Crippen LogP contribution is 2.07. The van der Waals surface area contributed by atoms with Gasteiger partial charge in [0.1, 0.15) is 6.54 Å². The number of halogens is 1. The number of nitrogens with one attached hydrogen (secondary N) is 1. The van der Waals surface area contributed by atoms with Crippen molar-refractivity contribution in [2.75, 3.05) is 6.54 Å². The maximum atomic E-state index is 5.72. The molecule has 0 aliphatic rings. The second-order valence-corrected chi connectivity index (χ2v) is 4.73. The van der Waals surface area contributed by atoms with Crippen LogP contribution in [0.15, 0.2) is 27.0 Å². The third kappa shape index (κ3) is 5.55.